The lowest BCUT2D eigenvalue weighted by Gasteiger charge is -2.41. The van der Waals surface area contributed by atoms with E-state index < -0.39 is 0 Å². The zero-order valence-corrected chi connectivity index (χ0v) is 11.4. The molecule has 1 aromatic heterocycles. The number of methoxy groups -OCH3 is 1. The number of carbonyl (C=O) groups excluding carboxylic acids is 1. The van der Waals surface area contributed by atoms with Gasteiger partial charge in [0.25, 0.3) is 0 Å². The minimum Gasteiger partial charge on any atom is -0.467 e. The maximum atomic E-state index is 11.4. The van der Waals surface area contributed by atoms with Crippen LogP contribution in [0.1, 0.15) is 12.0 Å². The van der Waals surface area contributed by atoms with Crippen LogP contribution in [0.15, 0.2) is 12.4 Å². The molecule has 0 unspecified atom stereocenters. The van der Waals surface area contributed by atoms with E-state index in [2.05, 4.69) is 20.2 Å². The molecule has 0 aromatic carbocycles. The zero-order valence-electron chi connectivity index (χ0n) is 11.4. The fourth-order valence-corrected chi connectivity index (χ4v) is 2.70. The quantitative estimate of drug-likeness (QED) is 0.809. The molecule has 7 heteroatoms. The summed E-state index contributed by atoms with van der Waals surface area (Å²) in [6.45, 7) is 2.70. The van der Waals surface area contributed by atoms with Crippen molar-refractivity contribution in [2.45, 2.75) is 25.1 Å². The topological polar surface area (TPSA) is 76.6 Å². The van der Waals surface area contributed by atoms with Gasteiger partial charge in [-0.05, 0) is 6.42 Å². The van der Waals surface area contributed by atoms with Crippen molar-refractivity contribution in [2.24, 2.45) is 0 Å². The predicted octanol–water partition coefficient (Wildman–Crippen LogP) is -0.425. The second-order valence-electron chi connectivity index (χ2n) is 5.13. The number of fused-ring (bicyclic) bond motifs is 1. The van der Waals surface area contributed by atoms with Crippen LogP contribution in [0.25, 0.3) is 0 Å². The molecule has 3 rings (SSSR count). The average Bonchev–Trinajstić information content (AvgIpc) is 2.47. The summed E-state index contributed by atoms with van der Waals surface area (Å²) in [6, 6.07) is 0.463. The number of carbonyl (C=O) groups is 1. The Balaban J connectivity index is 1.59. The highest BCUT2D eigenvalue weighted by Gasteiger charge is 2.34. The van der Waals surface area contributed by atoms with Gasteiger partial charge in [0.15, 0.2) is 0 Å². The molecule has 1 amide bonds. The Hall–Kier alpha value is -1.73. The first-order chi connectivity index (χ1) is 9.74. The van der Waals surface area contributed by atoms with Gasteiger partial charge >= 0.3 is 6.01 Å². The lowest BCUT2D eigenvalue weighted by Crippen LogP contribution is -2.60. The minimum atomic E-state index is -0.0270. The van der Waals surface area contributed by atoms with Crippen LogP contribution in [0.2, 0.25) is 0 Å². The molecular formula is C13H18N4O3. The molecule has 3 heterocycles. The van der Waals surface area contributed by atoms with E-state index in [1.54, 1.807) is 19.5 Å². The number of aromatic nitrogens is 2. The van der Waals surface area contributed by atoms with Gasteiger partial charge in [0.05, 0.1) is 19.3 Å². The fourth-order valence-electron chi connectivity index (χ4n) is 2.70. The van der Waals surface area contributed by atoms with E-state index in [-0.39, 0.29) is 24.7 Å². The maximum absolute atomic E-state index is 11.4. The van der Waals surface area contributed by atoms with Crippen LogP contribution in [-0.2, 0) is 16.1 Å². The van der Waals surface area contributed by atoms with Gasteiger partial charge < -0.3 is 14.8 Å². The first-order valence-corrected chi connectivity index (χ1v) is 6.73. The number of hydrogen-bond donors (Lipinski definition) is 1. The Kier molecular flexibility index (Phi) is 3.79. The van der Waals surface area contributed by atoms with Gasteiger partial charge in [0.1, 0.15) is 6.61 Å². The Labute approximate surface area is 117 Å². The Morgan fingerprint density at radius 2 is 2.30 bits per heavy atom. The first kappa shape index (κ1) is 13.3. The van der Waals surface area contributed by atoms with E-state index in [0.717, 1.165) is 31.6 Å². The largest absolute Gasteiger partial charge is 0.467 e. The number of nitrogens with zero attached hydrogens (tertiary/aromatic N) is 3. The highest BCUT2D eigenvalue weighted by Crippen LogP contribution is 2.19. The van der Waals surface area contributed by atoms with Gasteiger partial charge in [0, 0.05) is 37.6 Å². The number of morpholine rings is 1. The summed E-state index contributed by atoms with van der Waals surface area (Å²) in [5.74, 6) is -0.0270. The Bertz CT molecular complexity index is 479. The van der Waals surface area contributed by atoms with Crippen molar-refractivity contribution in [3.05, 3.63) is 18.0 Å². The van der Waals surface area contributed by atoms with E-state index in [4.69, 9.17) is 9.47 Å². The molecule has 2 fully saturated rings. The number of amides is 1. The summed E-state index contributed by atoms with van der Waals surface area (Å²) in [6.07, 6.45) is 4.63. The van der Waals surface area contributed by atoms with Crippen LogP contribution in [0, 0.1) is 0 Å². The van der Waals surface area contributed by atoms with Crippen molar-refractivity contribution in [3.8, 4) is 6.01 Å². The molecule has 0 saturated carbocycles. The smallest absolute Gasteiger partial charge is 0.316 e. The summed E-state index contributed by atoms with van der Waals surface area (Å²) in [5, 5.41) is 3.00. The molecule has 2 aliphatic heterocycles. The van der Waals surface area contributed by atoms with Crippen molar-refractivity contribution in [2.75, 3.05) is 26.8 Å². The summed E-state index contributed by atoms with van der Waals surface area (Å²) in [5.41, 5.74) is 1.03. The van der Waals surface area contributed by atoms with Crippen molar-refractivity contribution in [1.82, 2.24) is 20.2 Å². The van der Waals surface area contributed by atoms with Crippen LogP contribution in [0.4, 0.5) is 0 Å². The number of piperidine rings is 1. The number of nitrogens with one attached hydrogen (secondary N) is 1. The molecule has 108 valence electrons. The lowest BCUT2D eigenvalue weighted by molar-refractivity contribution is -0.140. The molecule has 0 spiro atoms. The molecule has 1 N–H and O–H groups in total. The van der Waals surface area contributed by atoms with Gasteiger partial charge in [-0.1, -0.05) is 0 Å². The fraction of sp³-hybridized carbons (Fsp3) is 0.615. The van der Waals surface area contributed by atoms with E-state index >= 15 is 0 Å². The van der Waals surface area contributed by atoms with E-state index in [0.29, 0.717) is 6.01 Å². The Morgan fingerprint density at radius 3 is 3.05 bits per heavy atom. The number of rotatable bonds is 3. The molecule has 0 aliphatic carbocycles. The highest BCUT2D eigenvalue weighted by molar-refractivity contribution is 5.78. The third kappa shape index (κ3) is 2.88. The van der Waals surface area contributed by atoms with Crippen LogP contribution in [0.5, 0.6) is 6.01 Å². The normalized spacial score (nSPS) is 26.8. The maximum Gasteiger partial charge on any atom is 0.316 e. The zero-order chi connectivity index (χ0) is 13.9. The van der Waals surface area contributed by atoms with Gasteiger partial charge in [-0.2, -0.15) is 0 Å². The number of likely N-dealkylation sites (tertiary alicyclic amines) is 1. The van der Waals surface area contributed by atoms with Crippen LogP contribution >= 0.6 is 0 Å². The molecule has 0 bridgehead atoms. The monoisotopic (exact) mass is 278 g/mol. The van der Waals surface area contributed by atoms with Crippen LogP contribution in [0.3, 0.4) is 0 Å². The van der Waals surface area contributed by atoms with Gasteiger partial charge in [0.2, 0.25) is 5.91 Å². The SMILES string of the molecule is COc1ncc(CN2CC[C@H]3OCC(=O)N[C@H]3C2)cn1. The number of ether oxygens (including phenoxy) is 2. The van der Waals surface area contributed by atoms with Crippen molar-refractivity contribution < 1.29 is 14.3 Å². The van der Waals surface area contributed by atoms with Crippen LogP contribution in [-0.4, -0.2) is 59.7 Å². The molecule has 2 aliphatic rings. The Morgan fingerprint density at radius 1 is 1.50 bits per heavy atom. The average molecular weight is 278 g/mol. The van der Waals surface area contributed by atoms with Crippen LogP contribution < -0.4 is 10.1 Å². The van der Waals surface area contributed by atoms with E-state index in [9.17, 15) is 4.79 Å². The molecule has 20 heavy (non-hydrogen) atoms. The van der Waals surface area contributed by atoms with Gasteiger partial charge in [-0.25, -0.2) is 9.97 Å². The third-order valence-corrected chi connectivity index (χ3v) is 3.68. The third-order valence-electron chi connectivity index (χ3n) is 3.68. The molecular weight excluding hydrogens is 260 g/mol. The van der Waals surface area contributed by atoms with Gasteiger partial charge in [-0.15, -0.1) is 0 Å². The van der Waals surface area contributed by atoms with Crippen molar-refractivity contribution in [3.63, 3.8) is 0 Å². The van der Waals surface area contributed by atoms with Crippen molar-refractivity contribution >= 4 is 5.91 Å². The molecule has 0 radical (unpaired) electrons. The second-order valence-corrected chi connectivity index (χ2v) is 5.13. The summed E-state index contributed by atoms with van der Waals surface area (Å²) < 4.78 is 10.5. The van der Waals surface area contributed by atoms with E-state index in [1.165, 1.54) is 0 Å². The lowest BCUT2D eigenvalue weighted by atomic mass is 10.0. The molecule has 2 atom stereocenters. The highest BCUT2D eigenvalue weighted by atomic mass is 16.5. The predicted molar refractivity (Wildman–Crippen MR) is 70.1 cm³/mol. The standard InChI is InChI=1S/C13H18N4O3/c1-19-13-14-4-9(5-15-13)6-17-3-2-11-10(7-17)16-12(18)8-20-11/h4-5,10-11H,2-3,6-8H2,1H3,(H,16,18)/t10-,11+/m0/s1. The second kappa shape index (κ2) is 5.72. The van der Waals surface area contributed by atoms with Crippen molar-refractivity contribution in [1.29, 1.82) is 0 Å². The summed E-state index contributed by atoms with van der Waals surface area (Å²) in [7, 11) is 1.55. The number of hydrogen-bond acceptors (Lipinski definition) is 6. The van der Waals surface area contributed by atoms with Gasteiger partial charge in [-0.3, -0.25) is 9.69 Å². The molecule has 2 saturated heterocycles. The minimum absolute atomic E-state index is 0.0270. The summed E-state index contributed by atoms with van der Waals surface area (Å²) >= 11 is 0. The summed E-state index contributed by atoms with van der Waals surface area (Å²) in [4.78, 5) is 21.8. The first-order valence-electron chi connectivity index (χ1n) is 6.73. The molecule has 1 aromatic rings. The van der Waals surface area contributed by atoms with E-state index in [1.807, 2.05) is 0 Å². The molecule has 7 nitrogen and oxygen atoms in total.